The summed E-state index contributed by atoms with van der Waals surface area (Å²) in [6.07, 6.45) is 8.60. The van der Waals surface area contributed by atoms with Crippen LogP contribution in [0.1, 0.15) is 46.1 Å². The van der Waals surface area contributed by atoms with E-state index in [4.69, 9.17) is 9.15 Å². The molecule has 0 saturated heterocycles. The van der Waals surface area contributed by atoms with Crippen molar-refractivity contribution in [3.8, 4) is 0 Å². The average molecular weight is 276 g/mol. The van der Waals surface area contributed by atoms with Crippen molar-refractivity contribution in [1.82, 2.24) is 0 Å². The monoisotopic (exact) mass is 276 g/mol. The van der Waals surface area contributed by atoms with Gasteiger partial charge < -0.3 is 9.15 Å². The standard InChI is InChI=1S/C17H24O3/c1-12-9-16(20-14(3)18)10-13(2)17(12,4)7-5-15-6-8-19-11-15/h6,8-9,11,13,16H,5,7,10H2,1-4H3. The Balaban J connectivity index is 2.07. The summed E-state index contributed by atoms with van der Waals surface area (Å²) in [7, 11) is 0. The Kier molecular flexibility index (Phi) is 4.36. The van der Waals surface area contributed by atoms with Crippen molar-refractivity contribution in [3.63, 3.8) is 0 Å². The molecule has 2 rings (SSSR count). The van der Waals surface area contributed by atoms with Crippen molar-refractivity contribution >= 4 is 5.97 Å². The Morgan fingerprint density at radius 2 is 2.30 bits per heavy atom. The number of furan rings is 1. The van der Waals surface area contributed by atoms with E-state index in [1.165, 1.54) is 18.1 Å². The lowest BCUT2D eigenvalue weighted by Gasteiger charge is -2.42. The average Bonchev–Trinajstić information content (AvgIpc) is 2.86. The normalized spacial score (nSPS) is 29.9. The summed E-state index contributed by atoms with van der Waals surface area (Å²) < 4.78 is 10.5. The highest BCUT2D eigenvalue weighted by Gasteiger charge is 2.38. The van der Waals surface area contributed by atoms with Crippen molar-refractivity contribution in [1.29, 1.82) is 0 Å². The van der Waals surface area contributed by atoms with E-state index in [1.54, 1.807) is 6.26 Å². The number of ether oxygens (including phenoxy) is 1. The highest BCUT2D eigenvalue weighted by Crippen LogP contribution is 2.45. The highest BCUT2D eigenvalue weighted by atomic mass is 16.5. The number of hydrogen-bond acceptors (Lipinski definition) is 3. The molecule has 3 atom stereocenters. The number of carbonyl (C=O) groups excluding carboxylic acids is 1. The molecule has 0 N–H and O–H groups in total. The van der Waals surface area contributed by atoms with E-state index in [1.807, 2.05) is 12.3 Å². The maximum atomic E-state index is 11.1. The minimum Gasteiger partial charge on any atom is -0.472 e. The molecule has 0 aromatic carbocycles. The van der Waals surface area contributed by atoms with Gasteiger partial charge in [-0.1, -0.05) is 19.4 Å². The van der Waals surface area contributed by atoms with E-state index < -0.39 is 0 Å². The molecule has 0 fully saturated rings. The topological polar surface area (TPSA) is 39.4 Å². The molecular weight excluding hydrogens is 252 g/mol. The van der Waals surface area contributed by atoms with Gasteiger partial charge in [-0.2, -0.15) is 0 Å². The number of hydrogen-bond donors (Lipinski definition) is 0. The van der Waals surface area contributed by atoms with Crippen LogP contribution in [0.4, 0.5) is 0 Å². The van der Waals surface area contributed by atoms with Crippen molar-refractivity contribution in [2.75, 3.05) is 0 Å². The molecule has 110 valence electrons. The van der Waals surface area contributed by atoms with Gasteiger partial charge in [-0.25, -0.2) is 0 Å². The van der Waals surface area contributed by atoms with Gasteiger partial charge in [-0.3, -0.25) is 4.79 Å². The first-order valence-electron chi connectivity index (χ1n) is 7.29. The summed E-state index contributed by atoms with van der Waals surface area (Å²) in [6, 6.07) is 2.03. The quantitative estimate of drug-likeness (QED) is 0.613. The smallest absolute Gasteiger partial charge is 0.303 e. The summed E-state index contributed by atoms with van der Waals surface area (Å²) >= 11 is 0. The minimum atomic E-state index is -0.201. The SMILES string of the molecule is CC(=O)OC1C=C(C)C(C)(CCc2ccoc2)C(C)C1. The first-order valence-corrected chi connectivity index (χ1v) is 7.29. The van der Waals surface area contributed by atoms with Crippen LogP contribution in [-0.2, 0) is 16.0 Å². The van der Waals surface area contributed by atoms with Crippen molar-refractivity contribution in [2.24, 2.45) is 11.3 Å². The zero-order chi connectivity index (χ0) is 14.8. The molecule has 1 heterocycles. The molecule has 0 radical (unpaired) electrons. The second kappa shape index (κ2) is 5.86. The molecular formula is C17H24O3. The predicted molar refractivity (Wildman–Crippen MR) is 78.2 cm³/mol. The first kappa shape index (κ1) is 14.9. The van der Waals surface area contributed by atoms with Crippen LogP contribution in [0.5, 0.6) is 0 Å². The third-order valence-corrected chi connectivity index (χ3v) is 4.84. The third-order valence-electron chi connectivity index (χ3n) is 4.84. The molecule has 3 unspecified atom stereocenters. The number of aryl methyl sites for hydroxylation is 1. The van der Waals surface area contributed by atoms with Crippen molar-refractivity contribution in [2.45, 2.75) is 53.1 Å². The van der Waals surface area contributed by atoms with Gasteiger partial charge in [0, 0.05) is 6.92 Å². The molecule has 3 nitrogen and oxygen atoms in total. The third kappa shape index (κ3) is 3.14. The van der Waals surface area contributed by atoms with Crippen molar-refractivity contribution in [3.05, 3.63) is 35.8 Å². The summed E-state index contributed by atoms with van der Waals surface area (Å²) in [4.78, 5) is 11.1. The van der Waals surface area contributed by atoms with Gasteiger partial charge in [-0.15, -0.1) is 0 Å². The molecule has 1 aromatic rings. The molecule has 0 aliphatic heterocycles. The minimum absolute atomic E-state index is 0.0653. The fourth-order valence-electron chi connectivity index (χ4n) is 3.11. The molecule has 0 bridgehead atoms. The molecule has 1 aliphatic carbocycles. The molecule has 1 aromatic heterocycles. The van der Waals surface area contributed by atoms with Crippen LogP contribution in [0.25, 0.3) is 0 Å². The van der Waals surface area contributed by atoms with Crippen LogP contribution in [0.3, 0.4) is 0 Å². The maximum Gasteiger partial charge on any atom is 0.303 e. The van der Waals surface area contributed by atoms with Crippen LogP contribution in [0, 0.1) is 11.3 Å². The fraction of sp³-hybridized carbons (Fsp3) is 0.588. The summed E-state index contributed by atoms with van der Waals surface area (Å²) in [5, 5.41) is 0. The Bertz CT molecular complexity index is 486. The van der Waals surface area contributed by atoms with Gasteiger partial charge in [-0.05, 0) is 55.2 Å². The Hall–Kier alpha value is -1.51. The van der Waals surface area contributed by atoms with E-state index in [-0.39, 0.29) is 17.5 Å². The van der Waals surface area contributed by atoms with Crippen LogP contribution < -0.4 is 0 Å². The Morgan fingerprint density at radius 1 is 1.55 bits per heavy atom. The molecule has 20 heavy (non-hydrogen) atoms. The largest absolute Gasteiger partial charge is 0.472 e. The summed E-state index contributed by atoms with van der Waals surface area (Å²) in [5.41, 5.74) is 2.73. The molecule has 0 spiro atoms. The second-order valence-electron chi connectivity index (χ2n) is 6.18. The van der Waals surface area contributed by atoms with Crippen LogP contribution in [0.15, 0.2) is 34.7 Å². The second-order valence-corrected chi connectivity index (χ2v) is 6.18. The fourth-order valence-corrected chi connectivity index (χ4v) is 3.11. The zero-order valence-corrected chi connectivity index (χ0v) is 12.8. The summed E-state index contributed by atoms with van der Waals surface area (Å²) in [6.45, 7) is 8.19. The van der Waals surface area contributed by atoms with E-state index in [0.717, 1.165) is 19.3 Å². The van der Waals surface area contributed by atoms with Crippen molar-refractivity contribution < 1.29 is 13.9 Å². The lowest BCUT2D eigenvalue weighted by atomic mass is 9.64. The predicted octanol–water partition coefficient (Wildman–Crippen LogP) is 4.14. The van der Waals surface area contributed by atoms with Crippen LogP contribution in [-0.4, -0.2) is 12.1 Å². The number of rotatable bonds is 4. The van der Waals surface area contributed by atoms with Gasteiger partial charge in [0.05, 0.1) is 12.5 Å². The maximum absolute atomic E-state index is 11.1. The van der Waals surface area contributed by atoms with Gasteiger partial charge in [0.1, 0.15) is 6.10 Å². The van der Waals surface area contributed by atoms with Gasteiger partial charge >= 0.3 is 5.97 Å². The molecule has 0 saturated carbocycles. The van der Waals surface area contributed by atoms with Gasteiger partial charge in [0.2, 0.25) is 0 Å². The highest BCUT2D eigenvalue weighted by molar-refractivity contribution is 5.66. The molecule has 0 amide bonds. The van der Waals surface area contributed by atoms with E-state index in [9.17, 15) is 4.79 Å². The number of esters is 1. The summed E-state index contributed by atoms with van der Waals surface area (Å²) in [5.74, 6) is 0.289. The molecule has 3 heteroatoms. The Labute approximate surface area is 121 Å². The molecule has 1 aliphatic rings. The first-order chi connectivity index (χ1) is 9.41. The van der Waals surface area contributed by atoms with E-state index in [2.05, 4.69) is 26.8 Å². The lowest BCUT2D eigenvalue weighted by molar-refractivity contribution is -0.145. The van der Waals surface area contributed by atoms with Crippen LogP contribution >= 0.6 is 0 Å². The zero-order valence-electron chi connectivity index (χ0n) is 12.8. The number of carbonyl (C=O) groups is 1. The lowest BCUT2D eigenvalue weighted by Crippen LogP contribution is -2.36. The number of allylic oxidation sites excluding steroid dienone is 1. The van der Waals surface area contributed by atoms with Crippen LogP contribution in [0.2, 0.25) is 0 Å². The Morgan fingerprint density at radius 3 is 2.85 bits per heavy atom. The van der Waals surface area contributed by atoms with Gasteiger partial charge in [0.25, 0.3) is 0 Å². The van der Waals surface area contributed by atoms with Gasteiger partial charge in [0.15, 0.2) is 0 Å². The van der Waals surface area contributed by atoms with E-state index >= 15 is 0 Å². The van der Waals surface area contributed by atoms with E-state index in [0.29, 0.717) is 5.92 Å².